The molecule has 0 spiro atoms. The zero-order chi connectivity index (χ0) is 21.4. The third-order valence-electron chi connectivity index (χ3n) is 6.48. The first kappa shape index (κ1) is 20.2. The lowest BCUT2D eigenvalue weighted by Gasteiger charge is -2.30. The summed E-state index contributed by atoms with van der Waals surface area (Å²) in [5.41, 5.74) is 3.64. The largest absolute Gasteiger partial charge is 0.497 e. The number of rotatable bonds is 4. The Labute approximate surface area is 186 Å². The number of aromatic nitrogens is 1. The summed E-state index contributed by atoms with van der Waals surface area (Å²) >= 11 is 6.85. The van der Waals surface area contributed by atoms with E-state index >= 15 is 0 Å². The molecule has 0 unspecified atom stereocenters. The molecule has 7 heteroatoms. The van der Waals surface area contributed by atoms with Gasteiger partial charge >= 0.3 is 0 Å². The van der Waals surface area contributed by atoms with Crippen LogP contribution in [0.1, 0.15) is 31.2 Å². The topological polar surface area (TPSA) is 62.2 Å². The molecular weight excluding hydrogens is 412 g/mol. The van der Waals surface area contributed by atoms with E-state index in [0.717, 1.165) is 59.5 Å². The monoisotopic (exact) mass is 438 g/mol. The van der Waals surface area contributed by atoms with Crippen molar-refractivity contribution < 1.29 is 9.47 Å². The molecule has 6 nitrogen and oxygen atoms in total. The molecule has 0 bridgehead atoms. The molecule has 0 saturated heterocycles. The molecule has 162 valence electrons. The minimum atomic E-state index is 0.211. The summed E-state index contributed by atoms with van der Waals surface area (Å²) in [5.74, 6) is 2.08. The summed E-state index contributed by atoms with van der Waals surface area (Å²) in [5, 5.41) is 11.4. The first-order valence-electron chi connectivity index (χ1n) is 10.8. The number of likely N-dealkylation sites (N-methyl/N-ethyl adjacent to an activating group) is 1. The van der Waals surface area contributed by atoms with Gasteiger partial charge in [0.05, 0.1) is 42.3 Å². The molecule has 31 heavy (non-hydrogen) atoms. The highest BCUT2D eigenvalue weighted by Gasteiger charge is 2.30. The second kappa shape index (κ2) is 8.42. The summed E-state index contributed by atoms with van der Waals surface area (Å²) in [4.78, 5) is 5.86. The Bertz CT molecular complexity index is 1160. The molecule has 1 aliphatic carbocycles. The van der Waals surface area contributed by atoms with Crippen molar-refractivity contribution >= 4 is 29.1 Å². The number of hydrogen-bond acceptors (Lipinski definition) is 5. The normalized spacial score (nSPS) is 22.7. The van der Waals surface area contributed by atoms with Gasteiger partial charge in [-0.05, 0) is 55.4 Å². The number of anilines is 1. The van der Waals surface area contributed by atoms with Crippen LogP contribution < -0.4 is 25.1 Å². The maximum Gasteiger partial charge on any atom is 0.123 e. The van der Waals surface area contributed by atoms with E-state index in [2.05, 4.69) is 33.2 Å². The maximum atomic E-state index is 6.85. The molecule has 2 aromatic rings. The van der Waals surface area contributed by atoms with Crippen molar-refractivity contribution in [2.24, 2.45) is 16.1 Å². The van der Waals surface area contributed by atoms with Crippen LogP contribution >= 0.6 is 11.6 Å². The van der Waals surface area contributed by atoms with Gasteiger partial charge in [-0.1, -0.05) is 17.7 Å². The van der Waals surface area contributed by atoms with E-state index in [4.69, 9.17) is 21.1 Å². The van der Waals surface area contributed by atoms with Crippen LogP contribution in [0.2, 0.25) is 0 Å². The highest BCUT2D eigenvalue weighted by Crippen LogP contribution is 2.38. The van der Waals surface area contributed by atoms with Crippen LogP contribution in [0.15, 0.2) is 45.6 Å². The van der Waals surface area contributed by atoms with Crippen LogP contribution in [0.5, 0.6) is 11.5 Å². The highest BCUT2D eigenvalue weighted by molar-refractivity contribution is 6.36. The number of fused-ring (bicyclic) bond motifs is 3. The molecule has 1 fully saturated rings. The minimum Gasteiger partial charge on any atom is -0.497 e. The molecule has 1 N–H and O–H groups in total. The number of H-pyrrole nitrogens is 1. The first-order valence-corrected chi connectivity index (χ1v) is 11.2. The van der Waals surface area contributed by atoms with Gasteiger partial charge in [0.25, 0.3) is 0 Å². The zero-order valence-electron chi connectivity index (χ0n) is 17.9. The molecule has 3 aliphatic rings. The molecule has 0 atom stereocenters. The fraction of sp³-hybridized carbons (Fsp3) is 0.417. The maximum absolute atomic E-state index is 6.85. The molecule has 5 rings (SSSR count). The van der Waals surface area contributed by atoms with Crippen LogP contribution in [-0.4, -0.2) is 31.8 Å². The lowest BCUT2D eigenvalue weighted by atomic mass is 9.81. The van der Waals surface area contributed by atoms with Crippen LogP contribution in [-0.2, 0) is 6.54 Å². The average Bonchev–Trinajstić information content (AvgIpc) is 3.12. The zero-order valence-corrected chi connectivity index (χ0v) is 18.7. The molecule has 0 radical (unpaired) electrons. The number of aromatic amines is 1. The number of hydrogen-bond donors (Lipinski definition) is 1. The number of ether oxygens (including phenoxy) is 2. The number of halogens is 1. The van der Waals surface area contributed by atoms with Crippen molar-refractivity contribution in [2.45, 2.75) is 38.3 Å². The lowest BCUT2D eigenvalue weighted by Crippen LogP contribution is -2.28. The number of nitrogens with one attached hydrogen (secondary N) is 1. The second-order valence-corrected chi connectivity index (χ2v) is 8.81. The van der Waals surface area contributed by atoms with E-state index in [1.807, 2.05) is 30.5 Å². The van der Waals surface area contributed by atoms with Crippen LogP contribution in [0.4, 0.5) is 5.69 Å². The van der Waals surface area contributed by atoms with Gasteiger partial charge in [-0.25, -0.2) is 0 Å². The quantitative estimate of drug-likeness (QED) is 0.782. The Morgan fingerprint density at radius 2 is 1.97 bits per heavy atom. The summed E-state index contributed by atoms with van der Waals surface area (Å²) in [6.45, 7) is 1.39. The van der Waals surface area contributed by atoms with Gasteiger partial charge < -0.3 is 19.4 Å². The number of nitrogens with zero attached hydrogens (tertiary/aromatic N) is 3. The number of methoxy groups -OCH3 is 1. The van der Waals surface area contributed by atoms with Crippen molar-refractivity contribution in [1.82, 2.24) is 4.98 Å². The molecule has 1 aromatic carbocycles. The van der Waals surface area contributed by atoms with Crippen LogP contribution in [0.25, 0.3) is 11.8 Å². The Hall–Kier alpha value is -2.73. The van der Waals surface area contributed by atoms with E-state index in [9.17, 15) is 0 Å². The number of allylic oxidation sites excluding steroid dienone is 1. The van der Waals surface area contributed by atoms with Crippen molar-refractivity contribution in [1.29, 1.82) is 0 Å². The van der Waals surface area contributed by atoms with Gasteiger partial charge in [-0.3, -0.25) is 0 Å². The van der Waals surface area contributed by atoms with Gasteiger partial charge in [0.1, 0.15) is 11.5 Å². The van der Waals surface area contributed by atoms with Crippen molar-refractivity contribution in [3.8, 4) is 11.5 Å². The second-order valence-electron chi connectivity index (χ2n) is 8.40. The average molecular weight is 439 g/mol. The van der Waals surface area contributed by atoms with Crippen LogP contribution in [0.3, 0.4) is 0 Å². The summed E-state index contributed by atoms with van der Waals surface area (Å²) in [6, 6.07) is 7.84. The van der Waals surface area contributed by atoms with E-state index < -0.39 is 0 Å². The molecular formula is C24H27ClN4O2. The van der Waals surface area contributed by atoms with Crippen molar-refractivity contribution in [3.63, 3.8) is 0 Å². The molecule has 2 aliphatic heterocycles. The third kappa shape index (κ3) is 3.85. The van der Waals surface area contributed by atoms with Gasteiger partial charge in [-0.2, -0.15) is 10.2 Å². The Balaban J connectivity index is 1.41. The van der Waals surface area contributed by atoms with Gasteiger partial charge in [0, 0.05) is 30.3 Å². The van der Waals surface area contributed by atoms with E-state index in [1.54, 1.807) is 7.11 Å². The highest BCUT2D eigenvalue weighted by atomic mass is 35.5. The first-order chi connectivity index (χ1) is 15.1. The Morgan fingerprint density at radius 3 is 2.77 bits per heavy atom. The molecule has 1 saturated carbocycles. The number of azo groups is 1. The van der Waals surface area contributed by atoms with Crippen molar-refractivity contribution in [2.75, 3.05) is 25.6 Å². The van der Waals surface area contributed by atoms with E-state index in [1.165, 1.54) is 16.8 Å². The fourth-order valence-corrected chi connectivity index (χ4v) is 5.24. The standard InChI is InChI=1S/C24H27ClN4O2/c1-29-11-10-20(25)22(23-24(29)19-13-26-27-14-21(19)28-23)15-6-8-16(9-7-15)31-18-5-3-4-17(12-18)30-2/h3-5,10,12,14-16,28H,6-9,11,13H2,1-2H3. The van der Waals surface area contributed by atoms with Gasteiger partial charge in [0.2, 0.25) is 0 Å². The summed E-state index contributed by atoms with van der Waals surface area (Å²) in [6.07, 6.45) is 8.23. The Kier molecular flexibility index (Phi) is 5.48. The predicted octanol–water partition coefficient (Wildman–Crippen LogP) is 4.09. The minimum absolute atomic E-state index is 0.211. The van der Waals surface area contributed by atoms with Crippen LogP contribution in [0, 0.1) is 5.92 Å². The number of benzene rings is 1. The third-order valence-corrected chi connectivity index (χ3v) is 6.84. The van der Waals surface area contributed by atoms with Crippen molar-refractivity contribution in [3.05, 3.63) is 51.6 Å². The van der Waals surface area contributed by atoms with E-state index in [-0.39, 0.29) is 6.10 Å². The summed E-state index contributed by atoms with van der Waals surface area (Å²) in [7, 11) is 3.79. The smallest absolute Gasteiger partial charge is 0.123 e. The van der Waals surface area contributed by atoms with E-state index in [0.29, 0.717) is 12.5 Å². The Morgan fingerprint density at radius 1 is 1.16 bits per heavy atom. The molecule has 0 amide bonds. The SMILES string of the molecule is COc1cccc(OC2CCC(C3=c4[nH]c5c(c4N(C)CC=C3Cl)CN=NC=5)CC2)c1. The van der Waals surface area contributed by atoms with Gasteiger partial charge in [-0.15, -0.1) is 0 Å². The molecule has 3 heterocycles. The van der Waals surface area contributed by atoms with Gasteiger partial charge in [0.15, 0.2) is 0 Å². The summed E-state index contributed by atoms with van der Waals surface area (Å²) < 4.78 is 11.6. The molecule has 1 aromatic heterocycles. The predicted molar refractivity (Wildman–Crippen MR) is 123 cm³/mol. The fourth-order valence-electron chi connectivity index (χ4n) is 4.92. The lowest BCUT2D eigenvalue weighted by molar-refractivity contribution is 0.142.